The van der Waals surface area contributed by atoms with Crippen molar-refractivity contribution in [2.24, 2.45) is 5.73 Å². The zero-order valence-corrected chi connectivity index (χ0v) is 19.9. The molecule has 2 amide bonds. The number of carbonyl (C=O) groups excluding carboxylic acids is 3. The third-order valence-corrected chi connectivity index (χ3v) is 6.64. The van der Waals surface area contributed by atoms with Crippen molar-refractivity contribution in [1.29, 1.82) is 0 Å². The fourth-order valence-corrected chi connectivity index (χ4v) is 5.09. The van der Waals surface area contributed by atoms with Crippen molar-refractivity contribution in [3.8, 4) is 0 Å². The van der Waals surface area contributed by atoms with Crippen molar-refractivity contribution in [2.75, 3.05) is 28.4 Å². The maximum Gasteiger partial charge on any atom is 0.329 e. The van der Waals surface area contributed by atoms with Crippen molar-refractivity contribution in [1.82, 2.24) is 4.57 Å². The fourth-order valence-electron chi connectivity index (χ4n) is 5.09. The van der Waals surface area contributed by atoms with Crippen molar-refractivity contribution >= 4 is 45.7 Å². The van der Waals surface area contributed by atoms with E-state index in [1.807, 2.05) is 36.5 Å². The van der Waals surface area contributed by atoms with Crippen LogP contribution in [0.3, 0.4) is 0 Å². The zero-order chi connectivity index (χ0) is 24.7. The third kappa shape index (κ3) is 4.01. The number of nitrogens with one attached hydrogen (secondary N) is 1. The average Bonchev–Trinajstić information content (AvgIpc) is 3.39. The first-order chi connectivity index (χ1) is 16.9. The van der Waals surface area contributed by atoms with E-state index >= 15 is 0 Å². The monoisotopic (exact) mass is 475 g/mol. The highest BCUT2D eigenvalue weighted by molar-refractivity contribution is 6.07. The summed E-state index contributed by atoms with van der Waals surface area (Å²) in [6.45, 7) is 4.82. The molecule has 5 rings (SSSR count). The summed E-state index contributed by atoms with van der Waals surface area (Å²) >= 11 is 0. The number of nitrogens with zero attached hydrogens (tertiary/aromatic N) is 3. The van der Waals surface area contributed by atoms with E-state index in [2.05, 4.69) is 9.88 Å². The van der Waals surface area contributed by atoms with Gasteiger partial charge in [0.05, 0.1) is 5.69 Å². The van der Waals surface area contributed by atoms with Crippen LogP contribution in [-0.2, 0) is 32.2 Å². The molecule has 1 aromatic heterocycles. The number of unbranched alkanes of at least 4 members (excludes halogenated alkanes) is 1. The predicted molar refractivity (Wildman–Crippen MR) is 134 cm³/mol. The van der Waals surface area contributed by atoms with Crippen LogP contribution in [0.15, 0.2) is 42.6 Å². The number of nitrogens with two attached hydrogens (primary N) is 1. The second kappa shape index (κ2) is 9.07. The predicted octanol–water partition coefficient (Wildman–Crippen LogP) is 3.27. The Hall–Kier alpha value is -3.85. The second-order valence-electron chi connectivity index (χ2n) is 9.01. The van der Waals surface area contributed by atoms with Crippen LogP contribution in [0, 0.1) is 0 Å². The SMILES string of the molecule is CC(=O)ON1c2cc3c(cc2NC(=O)C1c1cn(CCCCN)c2ccccc12)N(C(C)=O)CC3. The number of hydrogen-bond acceptors (Lipinski definition) is 6. The molecule has 3 heterocycles. The van der Waals surface area contributed by atoms with Crippen molar-refractivity contribution in [3.63, 3.8) is 0 Å². The molecule has 0 bridgehead atoms. The van der Waals surface area contributed by atoms with Crippen LogP contribution in [0.5, 0.6) is 0 Å². The van der Waals surface area contributed by atoms with Crippen LogP contribution in [0.2, 0.25) is 0 Å². The molecule has 35 heavy (non-hydrogen) atoms. The molecule has 0 spiro atoms. The molecule has 0 aliphatic carbocycles. The highest BCUT2D eigenvalue weighted by atomic mass is 16.7. The lowest BCUT2D eigenvalue weighted by molar-refractivity contribution is -0.144. The average molecular weight is 476 g/mol. The Balaban J connectivity index is 1.62. The van der Waals surface area contributed by atoms with Gasteiger partial charge in [-0.1, -0.05) is 18.2 Å². The Kier molecular flexibility index (Phi) is 5.94. The molecular weight excluding hydrogens is 446 g/mol. The Morgan fingerprint density at radius 1 is 1.14 bits per heavy atom. The Morgan fingerprint density at radius 2 is 1.94 bits per heavy atom. The van der Waals surface area contributed by atoms with Gasteiger partial charge in [-0.2, -0.15) is 5.06 Å². The molecule has 0 saturated carbocycles. The number of benzene rings is 2. The summed E-state index contributed by atoms with van der Waals surface area (Å²) in [5, 5.41) is 5.33. The van der Waals surface area contributed by atoms with Gasteiger partial charge in [0.2, 0.25) is 5.91 Å². The van der Waals surface area contributed by atoms with Gasteiger partial charge in [0, 0.05) is 55.3 Å². The summed E-state index contributed by atoms with van der Waals surface area (Å²) < 4.78 is 2.13. The lowest BCUT2D eigenvalue weighted by atomic mass is 10.00. The molecular formula is C26H29N5O4. The molecule has 3 aromatic rings. The number of hydrogen-bond donors (Lipinski definition) is 2. The topological polar surface area (TPSA) is 110 Å². The number of anilines is 3. The number of rotatable bonds is 6. The number of aromatic nitrogens is 1. The minimum absolute atomic E-state index is 0.0528. The number of para-hydroxylation sites is 1. The van der Waals surface area contributed by atoms with E-state index in [0.717, 1.165) is 47.1 Å². The number of fused-ring (bicyclic) bond motifs is 3. The van der Waals surface area contributed by atoms with E-state index in [4.69, 9.17) is 10.6 Å². The summed E-state index contributed by atoms with van der Waals surface area (Å²) in [5.74, 6) is -0.882. The van der Waals surface area contributed by atoms with Gasteiger partial charge in [-0.3, -0.25) is 14.4 Å². The van der Waals surface area contributed by atoms with Crippen molar-refractivity contribution in [3.05, 3.63) is 53.7 Å². The summed E-state index contributed by atoms with van der Waals surface area (Å²) in [4.78, 5) is 45.1. The molecule has 182 valence electrons. The Labute approximate surface area is 203 Å². The molecule has 0 radical (unpaired) electrons. The van der Waals surface area contributed by atoms with Gasteiger partial charge >= 0.3 is 5.97 Å². The van der Waals surface area contributed by atoms with Crippen LogP contribution >= 0.6 is 0 Å². The Bertz CT molecular complexity index is 1330. The normalized spacial score (nSPS) is 16.8. The van der Waals surface area contributed by atoms with Crippen LogP contribution in [0.4, 0.5) is 17.1 Å². The summed E-state index contributed by atoms with van der Waals surface area (Å²) in [6, 6.07) is 10.7. The molecule has 2 aliphatic heterocycles. The first-order valence-corrected chi connectivity index (χ1v) is 11.9. The van der Waals surface area contributed by atoms with Crippen LogP contribution in [0.25, 0.3) is 10.9 Å². The molecule has 2 aromatic carbocycles. The first-order valence-electron chi connectivity index (χ1n) is 11.9. The molecule has 3 N–H and O–H groups in total. The lowest BCUT2D eigenvalue weighted by Crippen LogP contribution is -2.42. The van der Waals surface area contributed by atoms with E-state index in [0.29, 0.717) is 30.9 Å². The molecule has 0 fully saturated rings. The maximum absolute atomic E-state index is 13.5. The number of amides is 2. The second-order valence-corrected chi connectivity index (χ2v) is 9.01. The van der Waals surface area contributed by atoms with Gasteiger partial charge in [0.1, 0.15) is 5.69 Å². The standard InChI is InChI=1S/C26H29N5O4/c1-16(32)30-12-9-18-13-24-21(14-23(18)30)28-26(34)25(31(24)35-17(2)33)20-15-29(11-6-5-10-27)22-8-4-3-7-19(20)22/h3-4,7-8,13-15,25H,5-6,9-12,27H2,1-2H3,(H,28,34). The molecule has 9 heteroatoms. The van der Waals surface area contributed by atoms with E-state index in [-0.39, 0.29) is 11.8 Å². The highest BCUT2D eigenvalue weighted by Gasteiger charge is 2.40. The van der Waals surface area contributed by atoms with E-state index in [9.17, 15) is 14.4 Å². The summed E-state index contributed by atoms with van der Waals surface area (Å²) in [6.07, 6.45) is 4.48. The number of carbonyl (C=O) groups is 3. The lowest BCUT2D eigenvalue weighted by Gasteiger charge is -2.36. The summed E-state index contributed by atoms with van der Waals surface area (Å²) in [5.41, 5.74) is 10.3. The van der Waals surface area contributed by atoms with Gasteiger partial charge in [-0.25, -0.2) is 0 Å². The molecule has 2 aliphatic rings. The molecule has 9 nitrogen and oxygen atoms in total. The fraction of sp³-hybridized carbons (Fsp3) is 0.346. The highest BCUT2D eigenvalue weighted by Crippen LogP contribution is 2.45. The Morgan fingerprint density at radius 3 is 2.69 bits per heavy atom. The van der Waals surface area contributed by atoms with E-state index in [1.54, 1.807) is 11.0 Å². The molecule has 0 saturated heterocycles. The molecule has 1 unspecified atom stereocenters. The van der Waals surface area contributed by atoms with E-state index in [1.165, 1.54) is 18.9 Å². The quantitative estimate of drug-likeness (QED) is 0.530. The summed E-state index contributed by atoms with van der Waals surface area (Å²) in [7, 11) is 0. The van der Waals surface area contributed by atoms with Gasteiger partial charge < -0.3 is 25.4 Å². The van der Waals surface area contributed by atoms with Crippen molar-refractivity contribution in [2.45, 2.75) is 45.7 Å². The van der Waals surface area contributed by atoms with Gasteiger partial charge in [-0.05, 0) is 49.6 Å². The first kappa shape index (κ1) is 22.9. The van der Waals surface area contributed by atoms with Crippen LogP contribution in [0.1, 0.15) is 43.9 Å². The van der Waals surface area contributed by atoms with Crippen molar-refractivity contribution < 1.29 is 19.2 Å². The van der Waals surface area contributed by atoms with Gasteiger partial charge in [-0.15, -0.1) is 0 Å². The minimum atomic E-state index is -0.865. The van der Waals surface area contributed by atoms with Gasteiger partial charge in [0.25, 0.3) is 5.91 Å². The largest absolute Gasteiger partial charge is 0.347 e. The number of hydroxylamine groups is 1. The smallest absolute Gasteiger partial charge is 0.329 e. The van der Waals surface area contributed by atoms with Crippen LogP contribution in [-0.4, -0.2) is 35.4 Å². The van der Waals surface area contributed by atoms with Gasteiger partial charge in [0.15, 0.2) is 6.04 Å². The number of aryl methyl sites for hydroxylation is 1. The van der Waals surface area contributed by atoms with Crippen LogP contribution < -0.4 is 21.0 Å². The maximum atomic E-state index is 13.5. The zero-order valence-electron chi connectivity index (χ0n) is 19.9. The van der Waals surface area contributed by atoms with E-state index < -0.39 is 12.0 Å². The third-order valence-electron chi connectivity index (χ3n) is 6.64. The minimum Gasteiger partial charge on any atom is -0.347 e. The molecule has 1 atom stereocenters.